The van der Waals surface area contributed by atoms with Crippen molar-refractivity contribution >= 4 is 23.4 Å². The minimum atomic E-state index is -0.675. The van der Waals surface area contributed by atoms with Crippen molar-refractivity contribution in [1.82, 2.24) is 14.6 Å². The molecule has 0 aliphatic rings. The summed E-state index contributed by atoms with van der Waals surface area (Å²) in [5.41, 5.74) is -0.0249. The number of aromatic nitrogens is 3. The topological polar surface area (TPSA) is 76.5 Å². The molecule has 16 heavy (non-hydrogen) atoms. The number of ether oxygens (including phenoxy) is 1. The van der Waals surface area contributed by atoms with E-state index < -0.39 is 11.5 Å². The third kappa shape index (κ3) is 1.49. The van der Waals surface area contributed by atoms with Crippen LogP contribution in [0.15, 0.2) is 22.1 Å². The van der Waals surface area contributed by atoms with E-state index in [1.54, 1.807) is 18.5 Å². The Labute approximate surface area is 94.6 Å². The van der Waals surface area contributed by atoms with Crippen LogP contribution in [0.1, 0.15) is 10.4 Å². The van der Waals surface area contributed by atoms with Crippen LogP contribution in [0, 0.1) is 0 Å². The lowest BCUT2D eigenvalue weighted by Gasteiger charge is -2.04. The lowest BCUT2D eigenvalue weighted by atomic mass is 10.3. The number of thioether (sulfide) groups is 1. The van der Waals surface area contributed by atoms with Gasteiger partial charge in [-0.25, -0.2) is 14.3 Å². The van der Waals surface area contributed by atoms with Crippen LogP contribution in [0.5, 0.6) is 0 Å². The largest absolute Gasteiger partial charge is 0.465 e. The van der Waals surface area contributed by atoms with Crippen molar-refractivity contribution in [2.75, 3.05) is 13.4 Å². The Morgan fingerprint density at radius 3 is 3.00 bits per heavy atom. The van der Waals surface area contributed by atoms with Gasteiger partial charge in [0.2, 0.25) is 0 Å². The van der Waals surface area contributed by atoms with Crippen molar-refractivity contribution in [2.45, 2.75) is 5.03 Å². The number of rotatable bonds is 2. The fraction of sp³-hybridized carbons (Fsp3) is 0.222. The molecule has 84 valence electrons. The minimum absolute atomic E-state index is 0.0463. The van der Waals surface area contributed by atoms with Crippen LogP contribution in [-0.2, 0) is 4.74 Å². The minimum Gasteiger partial charge on any atom is -0.465 e. The van der Waals surface area contributed by atoms with Crippen molar-refractivity contribution in [3.8, 4) is 0 Å². The summed E-state index contributed by atoms with van der Waals surface area (Å²) < 4.78 is 5.77. The number of H-pyrrole nitrogens is 1. The summed E-state index contributed by atoms with van der Waals surface area (Å²) in [6.45, 7) is 0. The molecule has 0 spiro atoms. The SMILES string of the molecule is COC(=O)c1c(SC)nc2cc[nH]n2c1=O. The first-order valence-corrected chi connectivity index (χ1v) is 5.64. The van der Waals surface area contributed by atoms with E-state index in [1.807, 2.05) is 0 Å². The molecule has 2 rings (SSSR count). The molecule has 0 radical (unpaired) electrons. The van der Waals surface area contributed by atoms with Gasteiger partial charge in [-0.1, -0.05) is 0 Å². The van der Waals surface area contributed by atoms with Gasteiger partial charge in [0, 0.05) is 12.3 Å². The van der Waals surface area contributed by atoms with Crippen molar-refractivity contribution in [3.63, 3.8) is 0 Å². The molecule has 6 nitrogen and oxygen atoms in total. The Hall–Kier alpha value is -1.76. The summed E-state index contributed by atoms with van der Waals surface area (Å²) in [5, 5.41) is 3.05. The second-order valence-corrected chi connectivity index (χ2v) is 3.74. The summed E-state index contributed by atoms with van der Waals surface area (Å²) in [5.74, 6) is -0.675. The fourth-order valence-corrected chi connectivity index (χ4v) is 1.92. The number of carbonyl (C=O) groups excluding carboxylic acids is 1. The average Bonchev–Trinajstić information content (AvgIpc) is 2.76. The molecular formula is C9H9N3O3S. The molecule has 0 aliphatic carbocycles. The van der Waals surface area contributed by atoms with Gasteiger partial charge in [0.25, 0.3) is 5.56 Å². The van der Waals surface area contributed by atoms with Gasteiger partial charge in [-0.05, 0) is 6.26 Å². The number of esters is 1. The van der Waals surface area contributed by atoms with Gasteiger partial charge >= 0.3 is 5.97 Å². The molecule has 2 aromatic rings. The predicted octanol–water partition coefficient (Wildman–Crippen LogP) is 0.531. The third-order valence-corrected chi connectivity index (χ3v) is 2.78. The highest BCUT2D eigenvalue weighted by Crippen LogP contribution is 2.16. The number of carbonyl (C=O) groups is 1. The molecule has 0 fully saturated rings. The number of methoxy groups -OCH3 is 1. The van der Waals surface area contributed by atoms with Crippen molar-refractivity contribution in [2.24, 2.45) is 0 Å². The zero-order valence-electron chi connectivity index (χ0n) is 8.68. The van der Waals surface area contributed by atoms with Crippen LogP contribution >= 0.6 is 11.8 Å². The van der Waals surface area contributed by atoms with E-state index in [2.05, 4.69) is 14.8 Å². The Kier molecular flexibility index (Phi) is 2.69. The molecule has 1 N–H and O–H groups in total. The highest BCUT2D eigenvalue weighted by atomic mass is 32.2. The second kappa shape index (κ2) is 4.01. The zero-order chi connectivity index (χ0) is 11.7. The molecule has 2 aromatic heterocycles. The van der Waals surface area contributed by atoms with E-state index in [0.29, 0.717) is 10.7 Å². The number of fused-ring (bicyclic) bond motifs is 1. The Bertz CT molecular complexity index is 602. The van der Waals surface area contributed by atoms with Crippen LogP contribution in [0.3, 0.4) is 0 Å². The van der Waals surface area contributed by atoms with E-state index >= 15 is 0 Å². The van der Waals surface area contributed by atoms with E-state index in [1.165, 1.54) is 23.4 Å². The number of hydrogen-bond donors (Lipinski definition) is 1. The van der Waals surface area contributed by atoms with Gasteiger partial charge < -0.3 is 4.74 Å². The molecule has 0 aromatic carbocycles. The average molecular weight is 239 g/mol. The first-order chi connectivity index (χ1) is 7.69. The number of hydrogen-bond acceptors (Lipinski definition) is 5. The highest BCUT2D eigenvalue weighted by molar-refractivity contribution is 7.98. The third-order valence-electron chi connectivity index (χ3n) is 2.09. The molecule has 7 heteroatoms. The molecule has 0 atom stereocenters. The zero-order valence-corrected chi connectivity index (χ0v) is 9.50. The van der Waals surface area contributed by atoms with Gasteiger partial charge in [-0.2, -0.15) is 0 Å². The predicted molar refractivity (Wildman–Crippen MR) is 58.9 cm³/mol. The first-order valence-electron chi connectivity index (χ1n) is 4.41. The fourth-order valence-electron chi connectivity index (χ4n) is 1.36. The number of nitrogens with one attached hydrogen (secondary N) is 1. The van der Waals surface area contributed by atoms with Crippen LogP contribution in [0.2, 0.25) is 0 Å². The molecule has 0 saturated heterocycles. The molecular weight excluding hydrogens is 230 g/mol. The van der Waals surface area contributed by atoms with E-state index in [9.17, 15) is 9.59 Å². The maximum absolute atomic E-state index is 11.9. The summed E-state index contributed by atoms with van der Waals surface area (Å²) in [6, 6.07) is 1.65. The smallest absolute Gasteiger partial charge is 0.346 e. The monoisotopic (exact) mass is 239 g/mol. The van der Waals surface area contributed by atoms with Gasteiger partial charge in [-0.3, -0.25) is 9.89 Å². The van der Waals surface area contributed by atoms with Crippen LogP contribution in [0.25, 0.3) is 5.65 Å². The van der Waals surface area contributed by atoms with Crippen LogP contribution in [-0.4, -0.2) is 33.9 Å². The number of nitrogens with zero attached hydrogens (tertiary/aromatic N) is 2. The van der Waals surface area contributed by atoms with Crippen LogP contribution in [0.4, 0.5) is 0 Å². The molecule has 0 unspecified atom stereocenters. The highest BCUT2D eigenvalue weighted by Gasteiger charge is 2.20. The summed E-state index contributed by atoms with van der Waals surface area (Å²) in [6.07, 6.45) is 3.33. The maximum Gasteiger partial charge on any atom is 0.346 e. The van der Waals surface area contributed by atoms with Crippen molar-refractivity contribution < 1.29 is 9.53 Å². The van der Waals surface area contributed by atoms with Gasteiger partial charge in [0.15, 0.2) is 11.2 Å². The maximum atomic E-state index is 11.9. The molecule has 0 aliphatic heterocycles. The lowest BCUT2D eigenvalue weighted by Crippen LogP contribution is -2.25. The summed E-state index contributed by atoms with van der Waals surface area (Å²) in [4.78, 5) is 27.6. The standard InChI is InChI=1S/C9H9N3O3S/c1-15-9(14)6-7(16-2)11-5-3-4-10-12(5)8(6)13/h3-4,10H,1-2H3. The molecule has 0 bridgehead atoms. The molecule has 2 heterocycles. The Morgan fingerprint density at radius 2 is 2.38 bits per heavy atom. The normalized spacial score (nSPS) is 10.6. The van der Waals surface area contributed by atoms with Crippen molar-refractivity contribution in [1.29, 1.82) is 0 Å². The van der Waals surface area contributed by atoms with Gasteiger partial charge in [0.05, 0.1) is 7.11 Å². The Balaban J connectivity index is 2.83. The van der Waals surface area contributed by atoms with Gasteiger partial charge in [0.1, 0.15) is 5.03 Å². The summed E-state index contributed by atoms with van der Waals surface area (Å²) >= 11 is 1.23. The van der Waals surface area contributed by atoms with Gasteiger partial charge in [-0.15, -0.1) is 11.8 Å². The van der Waals surface area contributed by atoms with Crippen LogP contribution < -0.4 is 5.56 Å². The van der Waals surface area contributed by atoms with E-state index in [4.69, 9.17) is 0 Å². The summed E-state index contributed by atoms with van der Waals surface area (Å²) in [7, 11) is 1.23. The quantitative estimate of drug-likeness (QED) is 0.470. The number of aromatic amines is 1. The second-order valence-electron chi connectivity index (χ2n) is 2.95. The van der Waals surface area contributed by atoms with E-state index in [0.717, 1.165) is 0 Å². The van der Waals surface area contributed by atoms with Crippen molar-refractivity contribution in [3.05, 3.63) is 28.2 Å². The lowest BCUT2D eigenvalue weighted by molar-refractivity contribution is 0.0593. The Morgan fingerprint density at radius 1 is 1.62 bits per heavy atom. The first kappa shape index (κ1) is 10.7. The molecule has 0 amide bonds. The van der Waals surface area contributed by atoms with E-state index in [-0.39, 0.29) is 5.56 Å². The molecule has 0 saturated carbocycles.